The Bertz CT molecular complexity index is 363. The predicted octanol–water partition coefficient (Wildman–Crippen LogP) is 1.55. The Labute approximate surface area is 109 Å². The van der Waals surface area contributed by atoms with Gasteiger partial charge < -0.3 is 14.7 Å². The minimum absolute atomic E-state index is 0.0601. The second-order valence-electron chi connectivity index (χ2n) is 5.56. The van der Waals surface area contributed by atoms with Gasteiger partial charge in [0.2, 0.25) is 5.89 Å². The fraction of sp³-hybridized carbons (Fsp3) is 0.846. The highest BCUT2D eigenvalue weighted by atomic mass is 16.5. The zero-order valence-electron chi connectivity index (χ0n) is 11.7. The van der Waals surface area contributed by atoms with E-state index in [0.29, 0.717) is 0 Å². The number of aromatic nitrogens is 2. The standard InChI is InChI=1S/C13H24N4O/c1-4-6-13(7-5-8-14-10-13)12-15-11(16-18-12)9-17(2)3/h14H,4-10H2,1-3H3. The number of hydrogen-bond acceptors (Lipinski definition) is 5. The van der Waals surface area contributed by atoms with Gasteiger partial charge in [-0.25, -0.2) is 0 Å². The molecule has 0 spiro atoms. The monoisotopic (exact) mass is 252 g/mol. The summed E-state index contributed by atoms with van der Waals surface area (Å²) in [6, 6.07) is 0. The minimum Gasteiger partial charge on any atom is -0.339 e. The molecule has 1 aliphatic heterocycles. The van der Waals surface area contributed by atoms with Gasteiger partial charge in [0, 0.05) is 6.54 Å². The Morgan fingerprint density at radius 1 is 1.44 bits per heavy atom. The van der Waals surface area contributed by atoms with E-state index in [9.17, 15) is 0 Å². The lowest BCUT2D eigenvalue weighted by molar-refractivity contribution is 0.212. The van der Waals surface area contributed by atoms with Crippen LogP contribution in [0.1, 0.15) is 44.3 Å². The summed E-state index contributed by atoms with van der Waals surface area (Å²) < 4.78 is 5.53. The van der Waals surface area contributed by atoms with E-state index in [1.54, 1.807) is 0 Å². The zero-order valence-corrected chi connectivity index (χ0v) is 11.7. The molecule has 1 fully saturated rings. The molecular formula is C13H24N4O. The normalized spacial score (nSPS) is 24.7. The highest BCUT2D eigenvalue weighted by Crippen LogP contribution is 2.34. The summed E-state index contributed by atoms with van der Waals surface area (Å²) in [6.45, 7) is 5.02. The van der Waals surface area contributed by atoms with E-state index < -0.39 is 0 Å². The molecule has 2 heterocycles. The largest absolute Gasteiger partial charge is 0.339 e. The van der Waals surface area contributed by atoms with Crippen LogP contribution in [0.15, 0.2) is 4.52 Å². The van der Waals surface area contributed by atoms with Gasteiger partial charge in [-0.15, -0.1) is 0 Å². The summed E-state index contributed by atoms with van der Waals surface area (Å²) in [5, 5.41) is 7.57. The Morgan fingerprint density at radius 2 is 2.28 bits per heavy atom. The van der Waals surface area contributed by atoms with Gasteiger partial charge in [0.15, 0.2) is 5.82 Å². The lowest BCUT2D eigenvalue weighted by Gasteiger charge is -2.34. The van der Waals surface area contributed by atoms with Crippen molar-refractivity contribution in [2.75, 3.05) is 27.2 Å². The summed E-state index contributed by atoms with van der Waals surface area (Å²) in [5.74, 6) is 1.62. The Morgan fingerprint density at radius 3 is 2.89 bits per heavy atom. The maximum absolute atomic E-state index is 5.53. The fourth-order valence-electron chi connectivity index (χ4n) is 2.77. The van der Waals surface area contributed by atoms with Crippen molar-refractivity contribution in [3.63, 3.8) is 0 Å². The molecule has 1 aromatic heterocycles. The molecule has 1 aromatic rings. The molecule has 0 aromatic carbocycles. The summed E-state index contributed by atoms with van der Waals surface area (Å²) in [5.41, 5.74) is 0.0601. The average molecular weight is 252 g/mol. The minimum atomic E-state index is 0.0601. The van der Waals surface area contributed by atoms with Crippen molar-refractivity contribution in [3.05, 3.63) is 11.7 Å². The molecule has 102 valence electrons. The van der Waals surface area contributed by atoms with Crippen molar-refractivity contribution in [2.45, 2.75) is 44.6 Å². The van der Waals surface area contributed by atoms with Gasteiger partial charge in [-0.3, -0.25) is 0 Å². The third-order valence-corrected chi connectivity index (χ3v) is 3.58. The van der Waals surface area contributed by atoms with Crippen LogP contribution in [0.3, 0.4) is 0 Å². The molecule has 0 bridgehead atoms. The second-order valence-corrected chi connectivity index (χ2v) is 5.56. The van der Waals surface area contributed by atoms with Gasteiger partial charge in [-0.2, -0.15) is 4.98 Å². The third kappa shape index (κ3) is 2.90. The van der Waals surface area contributed by atoms with Crippen molar-refractivity contribution in [1.82, 2.24) is 20.4 Å². The lowest BCUT2D eigenvalue weighted by Crippen LogP contribution is -2.43. The van der Waals surface area contributed by atoms with Crippen molar-refractivity contribution in [3.8, 4) is 0 Å². The maximum Gasteiger partial charge on any atom is 0.234 e. The highest BCUT2D eigenvalue weighted by molar-refractivity contribution is 5.08. The SMILES string of the molecule is CCCC1(c2nc(CN(C)C)no2)CCCNC1. The van der Waals surface area contributed by atoms with E-state index in [-0.39, 0.29) is 5.41 Å². The predicted molar refractivity (Wildman–Crippen MR) is 70.4 cm³/mol. The Hall–Kier alpha value is -0.940. The first-order valence-electron chi connectivity index (χ1n) is 6.85. The number of hydrogen-bond donors (Lipinski definition) is 1. The van der Waals surface area contributed by atoms with Gasteiger partial charge in [0.1, 0.15) is 0 Å². The molecule has 1 N–H and O–H groups in total. The van der Waals surface area contributed by atoms with E-state index in [0.717, 1.165) is 50.6 Å². The molecule has 2 rings (SSSR count). The topological polar surface area (TPSA) is 54.2 Å². The van der Waals surface area contributed by atoms with Crippen LogP contribution in [0.5, 0.6) is 0 Å². The van der Waals surface area contributed by atoms with E-state index in [1.807, 2.05) is 14.1 Å². The summed E-state index contributed by atoms with van der Waals surface area (Å²) in [7, 11) is 4.03. The third-order valence-electron chi connectivity index (χ3n) is 3.58. The zero-order chi connectivity index (χ0) is 13.0. The molecule has 0 amide bonds. The summed E-state index contributed by atoms with van der Waals surface area (Å²) >= 11 is 0. The Kier molecular flexibility index (Phi) is 4.35. The first-order chi connectivity index (χ1) is 8.66. The molecule has 5 heteroatoms. The van der Waals surface area contributed by atoms with Crippen LogP contribution in [-0.2, 0) is 12.0 Å². The van der Waals surface area contributed by atoms with Gasteiger partial charge in [0.25, 0.3) is 0 Å². The quantitative estimate of drug-likeness (QED) is 0.861. The van der Waals surface area contributed by atoms with E-state index in [2.05, 4.69) is 27.3 Å². The molecule has 1 aliphatic rings. The van der Waals surface area contributed by atoms with Crippen molar-refractivity contribution < 1.29 is 4.52 Å². The number of nitrogens with one attached hydrogen (secondary N) is 1. The number of piperidine rings is 1. The molecule has 1 atom stereocenters. The van der Waals surface area contributed by atoms with E-state index in [4.69, 9.17) is 4.52 Å². The van der Waals surface area contributed by atoms with Gasteiger partial charge in [-0.05, 0) is 39.9 Å². The van der Waals surface area contributed by atoms with Crippen LogP contribution >= 0.6 is 0 Å². The first kappa shape index (κ1) is 13.5. The van der Waals surface area contributed by atoms with Crippen LogP contribution in [0, 0.1) is 0 Å². The number of rotatable bonds is 5. The van der Waals surface area contributed by atoms with E-state index in [1.165, 1.54) is 6.42 Å². The molecule has 18 heavy (non-hydrogen) atoms. The molecule has 0 radical (unpaired) electrons. The van der Waals surface area contributed by atoms with Crippen LogP contribution in [0.2, 0.25) is 0 Å². The molecule has 0 aliphatic carbocycles. The fourth-order valence-corrected chi connectivity index (χ4v) is 2.77. The van der Waals surface area contributed by atoms with Gasteiger partial charge in [0.05, 0.1) is 12.0 Å². The first-order valence-corrected chi connectivity index (χ1v) is 6.85. The molecule has 1 unspecified atom stereocenters. The molecular weight excluding hydrogens is 228 g/mol. The maximum atomic E-state index is 5.53. The Balaban J connectivity index is 2.17. The van der Waals surface area contributed by atoms with Crippen molar-refractivity contribution in [1.29, 1.82) is 0 Å². The highest BCUT2D eigenvalue weighted by Gasteiger charge is 2.38. The lowest BCUT2D eigenvalue weighted by atomic mass is 9.77. The van der Waals surface area contributed by atoms with Crippen LogP contribution in [-0.4, -0.2) is 42.2 Å². The van der Waals surface area contributed by atoms with Crippen LogP contribution in [0.4, 0.5) is 0 Å². The van der Waals surface area contributed by atoms with Crippen molar-refractivity contribution >= 4 is 0 Å². The van der Waals surface area contributed by atoms with E-state index >= 15 is 0 Å². The second kappa shape index (κ2) is 5.80. The smallest absolute Gasteiger partial charge is 0.234 e. The number of nitrogens with zero attached hydrogens (tertiary/aromatic N) is 3. The molecule has 0 saturated carbocycles. The van der Waals surface area contributed by atoms with Crippen LogP contribution in [0.25, 0.3) is 0 Å². The van der Waals surface area contributed by atoms with Gasteiger partial charge in [-0.1, -0.05) is 18.5 Å². The average Bonchev–Trinajstić information content (AvgIpc) is 2.79. The van der Waals surface area contributed by atoms with Gasteiger partial charge >= 0.3 is 0 Å². The van der Waals surface area contributed by atoms with Crippen molar-refractivity contribution in [2.24, 2.45) is 0 Å². The molecule has 5 nitrogen and oxygen atoms in total. The summed E-state index contributed by atoms with van der Waals surface area (Å²) in [6.07, 6.45) is 4.60. The summed E-state index contributed by atoms with van der Waals surface area (Å²) in [4.78, 5) is 6.66. The van der Waals surface area contributed by atoms with Crippen LogP contribution < -0.4 is 5.32 Å². The molecule has 1 saturated heterocycles.